The predicted octanol–water partition coefficient (Wildman–Crippen LogP) is 1.27. The van der Waals surface area contributed by atoms with Crippen LogP contribution in [0.5, 0.6) is 0 Å². The van der Waals surface area contributed by atoms with E-state index >= 15 is 0 Å². The van der Waals surface area contributed by atoms with Crippen molar-refractivity contribution in [2.45, 2.75) is 43.6 Å². The molecule has 28 heavy (non-hydrogen) atoms. The van der Waals surface area contributed by atoms with E-state index in [4.69, 9.17) is 5.73 Å². The van der Waals surface area contributed by atoms with Crippen LogP contribution in [0.3, 0.4) is 0 Å². The minimum Gasteiger partial charge on any atom is -0.390 e. The zero-order valence-corrected chi connectivity index (χ0v) is 15.6. The van der Waals surface area contributed by atoms with Crippen molar-refractivity contribution < 1.29 is 10.2 Å². The Hall–Kier alpha value is -2.48. The number of aliphatic hydroxyl groups excluding tert-OH is 2. The quantitative estimate of drug-likeness (QED) is 0.546. The first-order chi connectivity index (χ1) is 13.6. The van der Waals surface area contributed by atoms with Crippen LogP contribution in [0.1, 0.15) is 24.4 Å². The summed E-state index contributed by atoms with van der Waals surface area (Å²) >= 11 is 0. The summed E-state index contributed by atoms with van der Waals surface area (Å²) < 4.78 is 1.94. The average molecular weight is 379 g/mol. The van der Waals surface area contributed by atoms with E-state index in [9.17, 15) is 10.2 Å². The van der Waals surface area contributed by atoms with Gasteiger partial charge in [0.15, 0.2) is 0 Å². The third kappa shape index (κ3) is 2.70. The Bertz CT molecular complexity index is 991. The normalized spacial score (nSPS) is 32.5. The van der Waals surface area contributed by atoms with Crippen LogP contribution in [-0.4, -0.2) is 49.5 Å². The molecule has 0 radical (unpaired) electrons. The number of aromatic nitrogens is 3. The second kappa shape index (κ2) is 6.55. The molecule has 146 valence electrons. The number of nitrogen functional groups attached to an aromatic ring is 1. The largest absolute Gasteiger partial charge is 0.390 e. The van der Waals surface area contributed by atoms with Crippen LogP contribution in [0.15, 0.2) is 48.9 Å². The average Bonchev–Trinajstić information content (AvgIpc) is 3.37. The zero-order valence-electron chi connectivity index (χ0n) is 15.6. The van der Waals surface area contributed by atoms with E-state index in [1.807, 2.05) is 22.9 Å². The molecule has 1 saturated carbocycles. The zero-order chi connectivity index (χ0) is 19.3. The van der Waals surface area contributed by atoms with Crippen molar-refractivity contribution in [2.24, 2.45) is 5.41 Å². The fourth-order valence-electron chi connectivity index (χ4n) is 5.16. The molecular formula is C21H25N5O2. The van der Waals surface area contributed by atoms with Crippen molar-refractivity contribution in [1.29, 1.82) is 0 Å². The van der Waals surface area contributed by atoms with Gasteiger partial charge in [0.05, 0.1) is 17.5 Å². The van der Waals surface area contributed by atoms with Gasteiger partial charge in [0.2, 0.25) is 0 Å². The number of rotatable bonds is 3. The number of hydrogen-bond acceptors (Lipinski definition) is 6. The predicted molar refractivity (Wildman–Crippen MR) is 107 cm³/mol. The lowest BCUT2D eigenvalue weighted by Gasteiger charge is -2.27. The smallest absolute Gasteiger partial charge is 0.145 e. The minimum absolute atomic E-state index is 0.237. The van der Waals surface area contributed by atoms with Crippen LogP contribution >= 0.6 is 0 Å². The van der Waals surface area contributed by atoms with Crippen LogP contribution in [0.2, 0.25) is 0 Å². The number of hydrogen-bond donors (Lipinski definition) is 4. The first-order valence-electron chi connectivity index (χ1n) is 9.78. The van der Waals surface area contributed by atoms with E-state index in [0.29, 0.717) is 30.5 Å². The van der Waals surface area contributed by atoms with Crippen molar-refractivity contribution >= 4 is 16.9 Å². The third-order valence-electron chi connectivity index (χ3n) is 6.58. The van der Waals surface area contributed by atoms with Crippen LogP contribution in [-0.2, 0) is 6.42 Å². The molecule has 5 atom stereocenters. The highest BCUT2D eigenvalue weighted by molar-refractivity contribution is 5.86. The van der Waals surface area contributed by atoms with Gasteiger partial charge in [0, 0.05) is 24.2 Å². The lowest BCUT2D eigenvalue weighted by Crippen LogP contribution is -2.38. The second-order valence-corrected chi connectivity index (χ2v) is 8.26. The number of fused-ring (bicyclic) bond motifs is 1. The van der Waals surface area contributed by atoms with Gasteiger partial charge in [-0.05, 0) is 30.9 Å². The maximum atomic E-state index is 11.0. The van der Waals surface area contributed by atoms with Crippen molar-refractivity contribution in [2.75, 3.05) is 12.3 Å². The Labute approximate surface area is 163 Å². The summed E-state index contributed by atoms with van der Waals surface area (Å²) in [5.74, 6) is 0.428. The van der Waals surface area contributed by atoms with Crippen LogP contribution in [0.4, 0.5) is 5.82 Å². The van der Waals surface area contributed by atoms with E-state index in [1.54, 1.807) is 0 Å². The van der Waals surface area contributed by atoms with Crippen molar-refractivity contribution in [1.82, 2.24) is 19.9 Å². The van der Waals surface area contributed by atoms with Gasteiger partial charge in [-0.25, -0.2) is 9.97 Å². The Morgan fingerprint density at radius 3 is 2.79 bits per heavy atom. The summed E-state index contributed by atoms with van der Waals surface area (Å²) in [7, 11) is 0. The van der Waals surface area contributed by atoms with Gasteiger partial charge in [-0.2, -0.15) is 0 Å². The summed E-state index contributed by atoms with van der Waals surface area (Å²) in [6.07, 6.45) is 4.17. The summed E-state index contributed by atoms with van der Waals surface area (Å²) in [5.41, 5.74) is 7.60. The van der Waals surface area contributed by atoms with Gasteiger partial charge >= 0.3 is 0 Å². The number of nitrogens with zero attached hydrogens (tertiary/aromatic N) is 3. The third-order valence-corrected chi connectivity index (χ3v) is 6.58. The first kappa shape index (κ1) is 17.6. The second-order valence-electron chi connectivity index (χ2n) is 8.26. The van der Waals surface area contributed by atoms with Gasteiger partial charge in [-0.15, -0.1) is 0 Å². The summed E-state index contributed by atoms with van der Waals surface area (Å²) in [5, 5.41) is 26.2. The van der Waals surface area contributed by atoms with Gasteiger partial charge in [0.25, 0.3) is 0 Å². The maximum Gasteiger partial charge on any atom is 0.145 e. The summed E-state index contributed by atoms with van der Waals surface area (Å²) in [6.45, 7) is 0.704. The lowest BCUT2D eigenvalue weighted by molar-refractivity contribution is -0.0217. The number of nitrogens with two attached hydrogens (primary N) is 1. The molecular weight excluding hydrogens is 354 g/mol. The molecule has 5 N–H and O–H groups in total. The Morgan fingerprint density at radius 1 is 1.14 bits per heavy atom. The molecule has 2 aliphatic rings. The first-order valence-corrected chi connectivity index (χ1v) is 9.78. The molecule has 0 unspecified atom stereocenters. The van der Waals surface area contributed by atoms with E-state index in [1.165, 1.54) is 11.9 Å². The van der Waals surface area contributed by atoms with E-state index < -0.39 is 12.2 Å². The Balaban J connectivity index is 1.40. The lowest BCUT2D eigenvalue weighted by atomic mass is 9.80. The Kier molecular flexibility index (Phi) is 4.12. The highest BCUT2D eigenvalue weighted by Crippen LogP contribution is 2.50. The molecule has 0 amide bonds. The van der Waals surface area contributed by atoms with Crippen LogP contribution in [0.25, 0.3) is 11.0 Å². The monoisotopic (exact) mass is 379 g/mol. The molecule has 1 saturated heterocycles. The number of nitrogens with one attached hydrogen (secondary N) is 1. The fourth-order valence-corrected chi connectivity index (χ4v) is 5.16. The summed E-state index contributed by atoms with van der Waals surface area (Å²) in [6, 6.07) is 12.3. The fraction of sp³-hybridized carbons (Fsp3) is 0.429. The van der Waals surface area contributed by atoms with Crippen LogP contribution < -0.4 is 11.1 Å². The molecule has 2 fully saturated rings. The summed E-state index contributed by atoms with van der Waals surface area (Å²) in [4.78, 5) is 8.39. The van der Waals surface area contributed by atoms with Crippen molar-refractivity contribution in [3.8, 4) is 0 Å². The van der Waals surface area contributed by atoms with E-state index in [-0.39, 0.29) is 11.5 Å². The maximum absolute atomic E-state index is 11.0. The molecule has 1 aromatic carbocycles. The molecule has 5 rings (SSSR count). The molecule has 0 bridgehead atoms. The van der Waals surface area contributed by atoms with Gasteiger partial charge in [0.1, 0.15) is 23.9 Å². The van der Waals surface area contributed by atoms with Gasteiger partial charge < -0.3 is 25.8 Å². The van der Waals surface area contributed by atoms with Gasteiger partial charge in [-0.1, -0.05) is 30.3 Å². The van der Waals surface area contributed by atoms with E-state index in [0.717, 1.165) is 18.2 Å². The SMILES string of the molecule is Nc1ncnc2c1ccn2[C@@H]1C[C@@]2(CN[C@H](Cc3ccccc3)C2)[C@@H](O)[C@H]1O. The topological polar surface area (TPSA) is 109 Å². The standard InChI is InChI=1S/C21H25N5O2/c22-19-15-6-7-26(20(15)25-12-24-19)16-10-21(18(28)17(16)27)9-14(23-11-21)8-13-4-2-1-3-5-13/h1-7,12,14,16-18,23,27-28H,8-11H2,(H2,22,24,25)/t14-,16-,17+,18+,21+/m1/s1. The highest BCUT2D eigenvalue weighted by Gasteiger charge is 2.56. The van der Waals surface area contributed by atoms with E-state index in [2.05, 4.69) is 39.6 Å². The highest BCUT2D eigenvalue weighted by atomic mass is 16.3. The molecule has 2 aromatic heterocycles. The van der Waals surface area contributed by atoms with Crippen molar-refractivity contribution in [3.05, 3.63) is 54.5 Å². The Morgan fingerprint density at radius 2 is 1.96 bits per heavy atom. The molecule has 7 nitrogen and oxygen atoms in total. The molecule has 1 aliphatic carbocycles. The number of anilines is 1. The molecule has 3 heterocycles. The number of aliphatic hydroxyl groups is 2. The van der Waals surface area contributed by atoms with Crippen LogP contribution in [0, 0.1) is 5.41 Å². The van der Waals surface area contributed by atoms with Gasteiger partial charge in [-0.3, -0.25) is 0 Å². The van der Waals surface area contributed by atoms with Crippen molar-refractivity contribution in [3.63, 3.8) is 0 Å². The molecule has 7 heteroatoms. The minimum atomic E-state index is -0.843. The molecule has 1 aliphatic heterocycles. The molecule has 1 spiro atoms. The molecule has 3 aromatic rings. The number of benzene rings is 1.